The van der Waals surface area contributed by atoms with Gasteiger partial charge in [-0.25, -0.2) is 17.5 Å². The van der Waals surface area contributed by atoms with Gasteiger partial charge in [-0.1, -0.05) is 31.5 Å². The van der Waals surface area contributed by atoms with E-state index in [2.05, 4.69) is 10.4 Å². The molecule has 2 aromatic rings. The zero-order chi connectivity index (χ0) is 25.2. The van der Waals surface area contributed by atoms with Gasteiger partial charge in [0.15, 0.2) is 0 Å². The number of sulfonamides is 1. The second-order valence-corrected chi connectivity index (χ2v) is 11.9. The number of ether oxygens (including phenoxy) is 1. The van der Waals surface area contributed by atoms with E-state index in [9.17, 15) is 17.6 Å². The minimum atomic E-state index is -3.98. The number of piperidine rings is 1. The lowest BCUT2D eigenvalue weighted by Gasteiger charge is -2.31. The van der Waals surface area contributed by atoms with Gasteiger partial charge < -0.3 is 10.1 Å². The highest BCUT2D eigenvalue weighted by molar-refractivity contribution is 7.89. The number of anilines is 1. The highest BCUT2D eigenvalue weighted by atomic mass is 35.5. The number of rotatable bonds is 7. The molecule has 0 saturated carbocycles. The quantitative estimate of drug-likeness (QED) is 0.585. The molecule has 2 saturated heterocycles. The average molecular weight is 527 g/mol. The number of hydrogen-bond acceptors (Lipinski definition) is 6. The normalized spacial score (nSPS) is 20.3. The van der Waals surface area contributed by atoms with E-state index in [-0.39, 0.29) is 35.0 Å². The van der Waals surface area contributed by atoms with Gasteiger partial charge in [0.1, 0.15) is 15.7 Å². The third-order valence-electron chi connectivity index (χ3n) is 6.79. The highest BCUT2D eigenvalue weighted by Gasteiger charge is 2.33. The van der Waals surface area contributed by atoms with E-state index < -0.39 is 21.4 Å². The van der Waals surface area contributed by atoms with Crippen LogP contribution in [0.5, 0.6) is 0 Å². The minimum Gasteiger partial charge on any atom is -0.382 e. The Morgan fingerprint density at radius 2 is 2.00 bits per heavy atom. The van der Waals surface area contributed by atoms with Crippen molar-refractivity contribution in [1.82, 2.24) is 14.1 Å². The number of nitrogens with zero attached hydrogens (tertiary/aromatic N) is 3. The van der Waals surface area contributed by atoms with Crippen LogP contribution < -0.4 is 10.9 Å². The van der Waals surface area contributed by atoms with Crippen molar-refractivity contribution in [3.05, 3.63) is 51.2 Å². The van der Waals surface area contributed by atoms with Crippen molar-refractivity contribution in [2.45, 2.75) is 56.4 Å². The smallest absolute Gasteiger partial charge is 0.287 e. The topological polar surface area (TPSA) is 93.5 Å². The number of halogens is 2. The van der Waals surface area contributed by atoms with E-state index >= 15 is 0 Å². The van der Waals surface area contributed by atoms with Gasteiger partial charge in [-0.05, 0) is 55.2 Å². The van der Waals surface area contributed by atoms with Gasteiger partial charge in [-0.2, -0.15) is 9.40 Å². The molecule has 2 aliphatic rings. The predicted octanol–water partition coefficient (Wildman–Crippen LogP) is 4.02. The summed E-state index contributed by atoms with van der Waals surface area (Å²) >= 11 is 6.35. The zero-order valence-corrected chi connectivity index (χ0v) is 21.6. The van der Waals surface area contributed by atoms with Crippen molar-refractivity contribution in [2.24, 2.45) is 5.92 Å². The second kappa shape index (κ2) is 10.9. The fourth-order valence-electron chi connectivity index (χ4n) is 4.60. The third-order valence-corrected chi connectivity index (χ3v) is 9.09. The lowest BCUT2D eigenvalue weighted by molar-refractivity contribution is 0.0595. The Bertz CT molecular complexity index is 1210. The summed E-state index contributed by atoms with van der Waals surface area (Å²) in [5.74, 6) is -0.289. The maximum atomic E-state index is 14.6. The van der Waals surface area contributed by atoms with Crippen LogP contribution in [0, 0.1) is 11.7 Å². The Labute approximate surface area is 210 Å². The number of hydrogen-bond donors (Lipinski definition) is 1. The van der Waals surface area contributed by atoms with Gasteiger partial charge in [0.25, 0.3) is 5.56 Å². The predicted molar refractivity (Wildman–Crippen MR) is 133 cm³/mol. The van der Waals surface area contributed by atoms with Crippen LogP contribution in [0.3, 0.4) is 0 Å². The molecule has 2 fully saturated rings. The summed E-state index contributed by atoms with van der Waals surface area (Å²) in [4.78, 5) is 12.6. The van der Waals surface area contributed by atoms with Crippen LogP contribution in [0.2, 0.25) is 5.02 Å². The van der Waals surface area contributed by atoms with E-state index in [1.54, 1.807) is 12.3 Å². The molecule has 0 radical (unpaired) electrons. The largest absolute Gasteiger partial charge is 0.382 e. The molecule has 0 spiro atoms. The molecule has 1 aromatic carbocycles. The molecule has 3 heterocycles. The van der Waals surface area contributed by atoms with Crippen molar-refractivity contribution < 1.29 is 17.5 Å². The summed E-state index contributed by atoms with van der Waals surface area (Å²) in [7, 11) is -3.98. The molecule has 11 heteroatoms. The first-order valence-corrected chi connectivity index (χ1v) is 13.9. The molecular formula is C24H32ClFN4O4S. The van der Waals surface area contributed by atoms with Gasteiger partial charge in [0.2, 0.25) is 10.0 Å². The van der Waals surface area contributed by atoms with E-state index in [1.807, 2.05) is 13.8 Å². The Kier molecular flexibility index (Phi) is 8.15. The average Bonchev–Trinajstić information content (AvgIpc) is 2.85. The van der Waals surface area contributed by atoms with Crippen molar-refractivity contribution in [3.8, 4) is 0 Å². The van der Waals surface area contributed by atoms with Crippen molar-refractivity contribution in [3.63, 3.8) is 0 Å². The molecule has 0 amide bonds. The van der Waals surface area contributed by atoms with Crippen LogP contribution in [-0.4, -0.2) is 55.4 Å². The summed E-state index contributed by atoms with van der Waals surface area (Å²) < 4.78 is 48.8. The molecule has 192 valence electrons. The first-order valence-electron chi connectivity index (χ1n) is 12.1. The summed E-state index contributed by atoms with van der Waals surface area (Å²) in [6.45, 7) is 6.28. The molecule has 0 aliphatic carbocycles. The summed E-state index contributed by atoms with van der Waals surface area (Å²) in [5, 5.41) is 7.58. The maximum Gasteiger partial charge on any atom is 0.287 e. The lowest BCUT2D eigenvalue weighted by Crippen LogP contribution is -2.41. The number of benzene rings is 1. The van der Waals surface area contributed by atoms with Crippen LogP contribution in [-0.2, 0) is 14.8 Å². The highest BCUT2D eigenvalue weighted by Crippen LogP contribution is 2.29. The maximum absolute atomic E-state index is 14.6. The molecule has 0 unspecified atom stereocenters. The van der Waals surface area contributed by atoms with Crippen LogP contribution >= 0.6 is 11.6 Å². The van der Waals surface area contributed by atoms with Crippen LogP contribution in [0.1, 0.15) is 57.1 Å². The zero-order valence-electron chi connectivity index (χ0n) is 20.0. The Morgan fingerprint density at radius 1 is 1.26 bits per heavy atom. The monoisotopic (exact) mass is 526 g/mol. The summed E-state index contributed by atoms with van der Waals surface area (Å²) in [6, 6.07) is 3.98. The van der Waals surface area contributed by atoms with Gasteiger partial charge in [0.05, 0.1) is 24.5 Å². The SMILES string of the molecule is CC(C)c1ccc(S(=O)(=O)N2CCC(n3ncc(NC[C@@H]4CCCOC4)c(Cl)c3=O)CC2)c(F)c1. The van der Waals surface area contributed by atoms with Crippen LogP contribution in [0.25, 0.3) is 0 Å². The molecule has 2 aliphatic heterocycles. The third kappa shape index (κ3) is 5.71. The lowest BCUT2D eigenvalue weighted by atomic mass is 10.0. The molecule has 1 atom stereocenters. The van der Waals surface area contributed by atoms with E-state index in [0.717, 1.165) is 25.0 Å². The van der Waals surface area contributed by atoms with E-state index in [4.69, 9.17) is 16.3 Å². The second-order valence-electron chi connectivity index (χ2n) is 9.57. The summed E-state index contributed by atoms with van der Waals surface area (Å²) in [6.07, 6.45) is 4.37. The Balaban J connectivity index is 1.42. The first kappa shape index (κ1) is 26.1. The summed E-state index contributed by atoms with van der Waals surface area (Å²) in [5.41, 5.74) is 0.819. The molecule has 1 N–H and O–H groups in total. The van der Waals surface area contributed by atoms with Gasteiger partial charge in [-0.3, -0.25) is 4.79 Å². The first-order chi connectivity index (χ1) is 16.7. The van der Waals surface area contributed by atoms with E-state index in [1.165, 1.54) is 21.1 Å². The standard InChI is InChI=1S/C24H32ClFN4O4S/c1-16(2)18-5-6-22(20(26)12-18)35(32,33)29-9-7-19(8-10-29)30-24(31)23(25)21(14-28-30)27-13-17-4-3-11-34-15-17/h5-6,12,14,16-17,19,27H,3-4,7-11,13,15H2,1-2H3/t17-/m0/s1. The van der Waals surface area contributed by atoms with Gasteiger partial charge in [0, 0.05) is 26.2 Å². The molecule has 35 heavy (non-hydrogen) atoms. The van der Waals surface area contributed by atoms with Crippen molar-refractivity contribution >= 4 is 27.3 Å². The Morgan fingerprint density at radius 3 is 2.63 bits per heavy atom. The van der Waals surface area contributed by atoms with Gasteiger partial charge >= 0.3 is 0 Å². The van der Waals surface area contributed by atoms with E-state index in [0.29, 0.717) is 37.6 Å². The molecule has 4 rings (SSSR count). The molecule has 1 aromatic heterocycles. The fourth-order valence-corrected chi connectivity index (χ4v) is 6.32. The minimum absolute atomic E-state index is 0.0686. The fraction of sp³-hybridized carbons (Fsp3) is 0.583. The Hall–Kier alpha value is -2.01. The number of nitrogens with one attached hydrogen (secondary N) is 1. The molecule has 0 bridgehead atoms. The van der Waals surface area contributed by atoms with Crippen molar-refractivity contribution in [1.29, 1.82) is 0 Å². The number of aromatic nitrogens is 2. The molecular weight excluding hydrogens is 495 g/mol. The van der Waals surface area contributed by atoms with Crippen LogP contribution in [0.15, 0.2) is 34.1 Å². The van der Waals surface area contributed by atoms with Crippen molar-refractivity contribution in [2.75, 3.05) is 38.2 Å². The molecule has 8 nitrogen and oxygen atoms in total. The van der Waals surface area contributed by atoms with Crippen LogP contribution in [0.4, 0.5) is 10.1 Å². The van der Waals surface area contributed by atoms with Gasteiger partial charge in [-0.15, -0.1) is 0 Å².